The zero-order valence-corrected chi connectivity index (χ0v) is 13.2. The van der Waals surface area contributed by atoms with E-state index < -0.39 is 0 Å². The average Bonchev–Trinajstić information content (AvgIpc) is 2.97. The van der Waals surface area contributed by atoms with Gasteiger partial charge in [0.15, 0.2) is 0 Å². The van der Waals surface area contributed by atoms with Gasteiger partial charge in [-0.05, 0) is 17.4 Å². The Bertz CT molecular complexity index is 651. The number of nitriles is 1. The highest BCUT2D eigenvalue weighted by atomic mass is 32.1. The van der Waals surface area contributed by atoms with Crippen LogP contribution in [0.2, 0.25) is 0 Å². The number of aromatic nitrogens is 2. The minimum absolute atomic E-state index is 0.0132. The van der Waals surface area contributed by atoms with Crippen LogP contribution in [0.25, 0.3) is 10.2 Å². The van der Waals surface area contributed by atoms with Crippen LogP contribution in [0.5, 0.6) is 0 Å². The van der Waals surface area contributed by atoms with Crippen LogP contribution in [0, 0.1) is 17.2 Å². The lowest BCUT2D eigenvalue weighted by Gasteiger charge is -2.38. The van der Waals surface area contributed by atoms with Gasteiger partial charge in [0.2, 0.25) is 0 Å². The third-order valence-electron chi connectivity index (χ3n) is 4.00. The fourth-order valence-corrected chi connectivity index (χ4v) is 3.73. The quantitative estimate of drug-likeness (QED) is 0.871. The predicted octanol–water partition coefficient (Wildman–Crippen LogP) is 2.36. The number of thiophene rings is 1. The first-order valence-electron chi connectivity index (χ1n) is 7.27. The molecule has 0 N–H and O–H groups in total. The molecule has 3 heterocycles. The van der Waals surface area contributed by atoms with Crippen molar-refractivity contribution in [2.45, 2.75) is 19.9 Å². The normalized spacial score (nSPS) is 18.1. The molecule has 21 heavy (non-hydrogen) atoms. The number of anilines is 1. The summed E-state index contributed by atoms with van der Waals surface area (Å²) in [6.45, 7) is 7.87. The summed E-state index contributed by atoms with van der Waals surface area (Å²) < 4.78 is 1.16. The summed E-state index contributed by atoms with van der Waals surface area (Å²) in [7, 11) is 0. The maximum atomic E-state index is 9.32. The number of rotatable bonds is 3. The molecule has 1 fully saturated rings. The molecule has 1 aliphatic heterocycles. The predicted molar refractivity (Wildman–Crippen MR) is 85.4 cm³/mol. The Labute approximate surface area is 128 Å². The third-order valence-corrected chi connectivity index (χ3v) is 4.89. The van der Waals surface area contributed by atoms with Crippen molar-refractivity contribution in [3.05, 3.63) is 17.8 Å². The van der Waals surface area contributed by atoms with Gasteiger partial charge >= 0.3 is 0 Å². The molecular formula is C15H19N5S. The van der Waals surface area contributed by atoms with Crippen molar-refractivity contribution in [2.24, 2.45) is 5.92 Å². The summed E-state index contributed by atoms with van der Waals surface area (Å²) in [6.07, 6.45) is 1.64. The molecule has 110 valence electrons. The highest BCUT2D eigenvalue weighted by molar-refractivity contribution is 7.17. The van der Waals surface area contributed by atoms with Gasteiger partial charge in [0, 0.05) is 26.2 Å². The van der Waals surface area contributed by atoms with Crippen LogP contribution in [0.15, 0.2) is 17.8 Å². The Balaban J connectivity index is 1.74. The van der Waals surface area contributed by atoms with E-state index in [1.165, 1.54) is 0 Å². The van der Waals surface area contributed by atoms with Crippen molar-refractivity contribution < 1.29 is 0 Å². The van der Waals surface area contributed by atoms with E-state index in [9.17, 15) is 5.26 Å². The zero-order valence-electron chi connectivity index (χ0n) is 12.4. The molecular weight excluding hydrogens is 282 g/mol. The molecule has 0 spiro atoms. The summed E-state index contributed by atoms with van der Waals surface area (Å²) in [6, 6.07) is 4.48. The van der Waals surface area contributed by atoms with Gasteiger partial charge < -0.3 is 4.90 Å². The molecule has 0 aromatic carbocycles. The van der Waals surface area contributed by atoms with Gasteiger partial charge in [-0.15, -0.1) is 11.3 Å². The minimum atomic E-state index is 0.0132. The van der Waals surface area contributed by atoms with Gasteiger partial charge in [0.1, 0.15) is 18.2 Å². The lowest BCUT2D eigenvalue weighted by atomic mass is 10.0. The van der Waals surface area contributed by atoms with Crippen molar-refractivity contribution >= 4 is 27.4 Å². The largest absolute Gasteiger partial charge is 0.353 e. The molecule has 6 heteroatoms. The van der Waals surface area contributed by atoms with Crippen LogP contribution >= 0.6 is 11.3 Å². The summed E-state index contributed by atoms with van der Waals surface area (Å²) >= 11 is 1.69. The summed E-state index contributed by atoms with van der Waals surface area (Å²) in [4.78, 5) is 13.4. The van der Waals surface area contributed by atoms with Crippen LogP contribution in [0.3, 0.4) is 0 Å². The van der Waals surface area contributed by atoms with E-state index in [0.717, 1.165) is 42.2 Å². The molecule has 0 unspecified atom stereocenters. The van der Waals surface area contributed by atoms with E-state index in [4.69, 9.17) is 0 Å². The van der Waals surface area contributed by atoms with Crippen molar-refractivity contribution in [1.82, 2.24) is 14.9 Å². The topological polar surface area (TPSA) is 56.1 Å². The smallest absolute Gasteiger partial charge is 0.150 e. The minimum Gasteiger partial charge on any atom is -0.353 e. The molecule has 2 aromatic heterocycles. The fourth-order valence-electron chi connectivity index (χ4n) is 2.87. The maximum absolute atomic E-state index is 9.32. The molecule has 1 atom stereocenters. The third kappa shape index (κ3) is 2.71. The zero-order chi connectivity index (χ0) is 14.8. The molecule has 0 bridgehead atoms. The molecule has 2 aromatic rings. The van der Waals surface area contributed by atoms with Crippen LogP contribution in [-0.2, 0) is 0 Å². The molecule has 0 radical (unpaired) electrons. The highest BCUT2D eigenvalue weighted by Crippen LogP contribution is 2.28. The Hall–Kier alpha value is -1.71. The number of piperazine rings is 1. The first kappa shape index (κ1) is 14.2. The lowest BCUT2D eigenvalue weighted by molar-refractivity contribution is 0.184. The Kier molecular flexibility index (Phi) is 4.04. The van der Waals surface area contributed by atoms with E-state index in [-0.39, 0.29) is 6.04 Å². The monoisotopic (exact) mass is 301 g/mol. The second kappa shape index (κ2) is 5.96. The first-order valence-corrected chi connectivity index (χ1v) is 8.15. The fraction of sp³-hybridized carbons (Fsp3) is 0.533. The van der Waals surface area contributed by atoms with Crippen molar-refractivity contribution in [2.75, 3.05) is 31.1 Å². The van der Waals surface area contributed by atoms with E-state index in [2.05, 4.69) is 45.1 Å². The van der Waals surface area contributed by atoms with Crippen molar-refractivity contribution in [1.29, 1.82) is 5.26 Å². The van der Waals surface area contributed by atoms with E-state index >= 15 is 0 Å². The SMILES string of the molecule is CC(C)[C@@H](C#N)N1CCN(c2ncnc3ccsc23)CC1. The molecule has 1 saturated heterocycles. The second-order valence-electron chi connectivity index (χ2n) is 5.67. The summed E-state index contributed by atoms with van der Waals surface area (Å²) in [5.41, 5.74) is 1.02. The van der Waals surface area contributed by atoms with Gasteiger partial charge in [0.25, 0.3) is 0 Å². The van der Waals surface area contributed by atoms with E-state index in [1.807, 2.05) is 6.07 Å². The summed E-state index contributed by atoms with van der Waals surface area (Å²) in [5.74, 6) is 1.40. The molecule has 3 rings (SSSR count). The van der Waals surface area contributed by atoms with Crippen LogP contribution < -0.4 is 4.90 Å². The summed E-state index contributed by atoms with van der Waals surface area (Å²) in [5, 5.41) is 11.4. The van der Waals surface area contributed by atoms with Gasteiger partial charge in [-0.2, -0.15) is 5.26 Å². The average molecular weight is 301 g/mol. The Morgan fingerprint density at radius 1 is 1.24 bits per heavy atom. The van der Waals surface area contributed by atoms with Gasteiger partial charge in [0.05, 0.1) is 16.3 Å². The molecule has 1 aliphatic rings. The Morgan fingerprint density at radius 2 is 2.00 bits per heavy atom. The van der Waals surface area contributed by atoms with Crippen LogP contribution in [-0.4, -0.2) is 47.1 Å². The van der Waals surface area contributed by atoms with Crippen LogP contribution in [0.1, 0.15) is 13.8 Å². The molecule has 5 nitrogen and oxygen atoms in total. The molecule has 0 aliphatic carbocycles. The number of fused-ring (bicyclic) bond motifs is 1. The molecule has 0 saturated carbocycles. The van der Waals surface area contributed by atoms with Gasteiger partial charge in [-0.3, -0.25) is 4.90 Å². The Morgan fingerprint density at radius 3 is 2.67 bits per heavy atom. The first-order chi connectivity index (χ1) is 10.2. The van der Waals surface area contributed by atoms with Gasteiger partial charge in [-0.25, -0.2) is 9.97 Å². The second-order valence-corrected chi connectivity index (χ2v) is 6.59. The lowest BCUT2D eigenvalue weighted by Crippen LogP contribution is -2.51. The van der Waals surface area contributed by atoms with Crippen molar-refractivity contribution in [3.63, 3.8) is 0 Å². The number of hydrogen-bond donors (Lipinski definition) is 0. The standard InChI is InChI=1S/C15H19N5S/c1-11(2)13(9-16)19-4-6-20(7-5-19)15-14-12(3-8-21-14)17-10-18-15/h3,8,10-11,13H,4-7H2,1-2H3/t13-/m1/s1. The van der Waals surface area contributed by atoms with Crippen LogP contribution in [0.4, 0.5) is 5.82 Å². The molecule has 0 amide bonds. The number of hydrogen-bond acceptors (Lipinski definition) is 6. The van der Waals surface area contributed by atoms with Gasteiger partial charge in [-0.1, -0.05) is 13.8 Å². The highest BCUT2D eigenvalue weighted by Gasteiger charge is 2.27. The maximum Gasteiger partial charge on any atom is 0.150 e. The van der Waals surface area contributed by atoms with Crippen molar-refractivity contribution in [3.8, 4) is 6.07 Å². The van der Waals surface area contributed by atoms with E-state index in [0.29, 0.717) is 5.92 Å². The number of nitrogens with zero attached hydrogens (tertiary/aromatic N) is 5. The van der Waals surface area contributed by atoms with E-state index in [1.54, 1.807) is 17.7 Å².